The number of nitrogens with one attached hydrogen (secondary N) is 1. The minimum absolute atomic E-state index is 0.167. The van der Waals surface area contributed by atoms with Gasteiger partial charge in [-0.15, -0.1) is 0 Å². The number of carboxylic acids is 1. The topological polar surface area (TPSA) is 58.6 Å². The fourth-order valence-corrected chi connectivity index (χ4v) is 3.85. The summed E-state index contributed by atoms with van der Waals surface area (Å²) in [5, 5.41) is 12.1. The van der Waals surface area contributed by atoms with Crippen molar-refractivity contribution in [2.75, 3.05) is 13.1 Å². The standard InChI is InChI=1S/C21H41NO3/c1-7-15(2)16(3)19(14-22-13-12-20(23)24)25-18-10-8-17(9-11-18)21(4,5)6/h15-19,22H,7-14H2,1-6H3,(H,23,24)/t15-,16?,17-,18-,19?/m0/s1. The van der Waals surface area contributed by atoms with Crippen molar-refractivity contribution < 1.29 is 14.6 Å². The fourth-order valence-electron chi connectivity index (χ4n) is 3.85. The van der Waals surface area contributed by atoms with Gasteiger partial charge in [-0.25, -0.2) is 0 Å². The number of carboxylic acid groups (broad SMARTS) is 1. The summed E-state index contributed by atoms with van der Waals surface area (Å²) >= 11 is 0. The molecule has 0 bridgehead atoms. The van der Waals surface area contributed by atoms with Crippen LogP contribution in [-0.2, 0) is 9.53 Å². The van der Waals surface area contributed by atoms with Crippen LogP contribution in [0.1, 0.15) is 80.1 Å². The molecule has 3 atom stereocenters. The lowest BCUT2D eigenvalue weighted by Crippen LogP contribution is -2.41. The first-order valence-electron chi connectivity index (χ1n) is 10.2. The van der Waals surface area contributed by atoms with Crippen LogP contribution in [-0.4, -0.2) is 36.4 Å². The van der Waals surface area contributed by atoms with Gasteiger partial charge in [0.2, 0.25) is 0 Å². The zero-order valence-corrected chi connectivity index (χ0v) is 17.3. The molecule has 25 heavy (non-hydrogen) atoms. The van der Waals surface area contributed by atoms with Gasteiger partial charge < -0.3 is 15.2 Å². The average Bonchev–Trinajstić information content (AvgIpc) is 2.55. The van der Waals surface area contributed by atoms with Gasteiger partial charge in [-0.1, -0.05) is 48.0 Å². The summed E-state index contributed by atoms with van der Waals surface area (Å²) in [7, 11) is 0. The van der Waals surface area contributed by atoms with Gasteiger partial charge in [0.15, 0.2) is 0 Å². The fraction of sp³-hybridized carbons (Fsp3) is 0.952. The van der Waals surface area contributed by atoms with Crippen LogP contribution in [0.15, 0.2) is 0 Å². The number of rotatable bonds is 10. The van der Waals surface area contributed by atoms with Crippen molar-refractivity contribution in [2.24, 2.45) is 23.2 Å². The third-order valence-electron chi connectivity index (χ3n) is 6.26. The molecule has 4 nitrogen and oxygen atoms in total. The molecular weight excluding hydrogens is 314 g/mol. The van der Waals surface area contributed by atoms with E-state index in [1.54, 1.807) is 0 Å². The summed E-state index contributed by atoms with van der Waals surface area (Å²) < 4.78 is 6.53. The molecule has 0 aromatic rings. The van der Waals surface area contributed by atoms with Crippen LogP contribution in [0.3, 0.4) is 0 Å². The molecule has 0 aromatic heterocycles. The van der Waals surface area contributed by atoms with Crippen LogP contribution in [0.2, 0.25) is 0 Å². The molecule has 0 saturated heterocycles. The maximum absolute atomic E-state index is 10.7. The number of aliphatic carboxylic acids is 1. The van der Waals surface area contributed by atoms with Gasteiger partial charge in [-0.3, -0.25) is 4.79 Å². The molecule has 0 amide bonds. The number of carbonyl (C=O) groups is 1. The molecule has 148 valence electrons. The first-order valence-corrected chi connectivity index (χ1v) is 10.2. The van der Waals surface area contributed by atoms with Crippen LogP contribution in [0.5, 0.6) is 0 Å². The largest absolute Gasteiger partial charge is 0.481 e. The summed E-state index contributed by atoms with van der Waals surface area (Å²) in [6, 6.07) is 0. The second kappa shape index (κ2) is 10.5. The van der Waals surface area contributed by atoms with Gasteiger partial charge in [0.05, 0.1) is 18.6 Å². The van der Waals surface area contributed by atoms with Crippen molar-refractivity contribution in [1.29, 1.82) is 0 Å². The van der Waals surface area contributed by atoms with Gasteiger partial charge >= 0.3 is 5.97 Å². The van der Waals surface area contributed by atoms with Gasteiger partial charge in [-0.05, 0) is 48.9 Å². The Hall–Kier alpha value is -0.610. The maximum Gasteiger partial charge on any atom is 0.304 e. The molecular formula is C21H41NO3. The Morgan fingerprint density at radius 2 is 1.80 bits per heavy atom. The van der Waals surface area contributed by atoms with E-state index in [2.05, 4.69) is 46.9 Å². The monoisotopic (exact) mass is 355 g/mol. The first-order chi connectivity index (χ1) is 11.6. The summed E-state index contributed by atoms with van der Waals surface area (Å²) in [6.07, 6.45) is 6.66. The maximum atomic E-state index is 10.7. The van der Waals surface area contributed by atoms with Crippen LogP contribution >= 0.6 is 0 Å². The average molecular weight is 356 g/mol. The molecule has 1 fully saturated rings. The molecule has 1 aliphatic carbocycles. The van der Waals surface area contributed by atoms with E-state index in [0.29, 0.717) is 29.9 Å². The minimum atomic E-state index is -0.750. The molecule has 0 radical (unpaired) electrons. The zero-order chi connectivity index (χ0) is 19.0. The highest BCUT2D eigenvalue weighted by Crippen LogP contribution is 2.39. The summed E-state index contributed by atoms with van der Waals surface area (Å²) in [5.41, 5.74) is 0.396. The molecule has 0 spiro atoms. The normalized spacial score (nSPS) is 25.4. The lowest BCUT2D eigenvalue weighted by Gasteiger charge is -2.39. The smallest absolute Gasteiger partial charge is 0.304 e. The molecule has 0 aromatic carbocycles. The van der Waals surface area contributed by atoms with E-state index in [-0.39, 0.29) is 12.5 Å². The van der Waals surface area contributed by atoms with E-state index in [4.69, 9.17) is 9.84 Å². The third-order valence-corrected chi connectivity index (χ3v) is 6.26. The Balaban J connectivity index is 2.53. The highest BCUT2D eigenvalue weighted by molar-refractivity contribution is 5.66. The van der Waals surface area contributed by atoms with Crippen molar-refractivity contribution >= 4 is 5.97 Å². The Kier molecular flexibility index (Phi) is 9.44. The Bertz CT molecular complexity index is 383. The molecule has 0 aliphatic heterocycles. The van der Waals surface area contributed by atoms with Gasteiger partial charge in [0.25, 0.3) is 0 Å². The van der Waals surface area contributed by atoms with Crippen molar-refractivity contribution in [3.8, 4) is 0 Å². The Morgan fingerprint density at radius 1 is 1.20 bits per heavy atom. The molecule has 1 saturated carbocycles. The van der Waals surface area contributed by atoms with Crippen molar-refractivity contribution in [3.63, 3.8) is 0 Å². The van der Waals surface area contributed by atoms with E-state index >= 15 is 0 Å². The molecule has 4 heteroatoms. The van der Waals surface area contributed by atoms with E-state index in [1.165, 1.54) is 12.8 Å². The third kappa shape index (κ3) is 8.08. The number of hydrogen-bond acceptors (Lipinski definition) is 3. The van der Waals surface area contributed by atoms with Crippen LogP contribution in [0, 0.1) is 23.2 Å². The molecule has 0 heterocycles. The predicted octanol–water partition coefficient (Wildman–Crippen LogP) is 4.72. The molecule has 1 aliphatic rings. The van der Waals surface area contributed by atoms with Crippen LogP contribution in [0.25, 0.3) is 0 Å². The highest BCUT2D eigenvalue weighted by Gasteiger charge is 2.32. The van der Waals surface area contributed by atoms with E-state index in [9.17, 15) is 4.79 Å². The quantitative estimate of drug-likeness (QED) is 0.557. The summed E-state index contributed by atoms with van der Waals surface area (Å²) in [6.45, 7) is 15.1. The SMILES string of the molecule is CC[C@H](C)C(C)C(CNCCC(=O)O)O[C@H]1CC[C@H](C(C)(C)C)CC1. The highest BCUT2D eigenvalue weighted by atomic mass is 16.5. The molecule has 1 rings (SSSR count). The molecule has 2 unspecified atom stereocenters. The summed E-state index contributed by atoms with van der Waals surface area (Å²) in [4.78, 5) is 10.7. The summed E-state index contributed by atoms with van der Waals surface area (Å²) in [5.74, 6) is 1.13. The van der Waals surface area contributed by atoms with Crippen LogP contribution in [0.4, 0.5) is 0 Å². The van der Waals surface area contributed by atoms with Crippen molar-refractivity contribution in [2.45, 2.75) is 92.3 Å². The number of hydrogen-bond donors (Lipinski definition) is 2. The van der Waals surface area contributed by atoms with Gasteiger partial charge in [-0.2, -0.15) is 0 Å². The second-order valence-corrected chi connectivity index (χ2v) is 9.11. The second-order valence-electron chi connectivity index (χ2n) is 9.11. The van der Waals surface area contributed by atoms with Crippen molar-refractivity contribution in [3.05, 3.63) is 0 Å². The predicted molar refractivity (Wildman–Crippen MR) is 104 cm³/mol. The van der Waals surface area contributed by atoms with Crippen LogP contribution < -0.4 is 5.32 Å². The van der Waals surface area contributed by atoms with Gasteiger partial charge in [0.1, 0.15) is 0 Å². The Morgan fingerprint density at radius 3 is 2.28 bits per heavy atom. The zero-order valence-electron chi connectivity index (χ0n) is 17.3. The van der Waals surface area contributed by atoms with Crippen molar-refractivity contribution in [1.82, 2.24) is 5.32 Å². The van der Waals surface area contributed by atoms with E-state index in [1.807, 2.05) is 0 Å². The van der Waals surface area contributed by atoms with Gasteiger partial charge in [0, 0.05) is 13.1 Å². The lowest BCUT2D eigenvalue weighted by atomic mass is 9.72. The minimum Gasteiger partial charge on any atom is -0.481 e. The van der Waals surface area contributed by atoms with E-state index in [0.717, 1.165) is 31.7 Å². The first kappa shape index (κ1) is 22.4. The molecule has 2 N–H and O–H groups in total. The lowest BCUT2D eigenvalue weighted by molar-refractivity contribution is -0.137. The van der Waals surface area contributed by atoms with E-state index < -0.39 is 5.97 Å². The Labute approximate surface area is 155 Å². The number of ether oxygens (including phenoxy) is 1.